The van der Waals surface area contributed by atoms with Crippen LogP contribution < -0.4 is 5.32 Å². The van der Waals surface area contributed by atoms with E-state index in [0.717, 1.165) is 84.2 Å². The summed E-state index contributed by atoms with van der Waals surface area (Å²) in [6, 6.07) is 0. The minimum absolute atomic E-state index is 0. The fourth-order valence-corrected chi connectivity index (χ4v) is 3.11. The Morgan fingerprint density at radius 1 is 1.16 bits per heavy atom. The molecule has 2 aliphatic rings. The highest BCUT2D eigenvalue weighted by molar-refractivity contribution is 14.0. The molecule has 0 saturated carbocycles. The molecule has 2 aliphatic heterocycles. The quantitative estimate of drug-likeness (QED) is 0.244. The second-order valence-electron chi connectivity index (χ2n) is 6.46. The highest BCUT2D eigenvalue weighted by Crippen LogP contribution is 2.21. The lowest BCUT2D eigenvalue weighted by atomic mass is 10.1. The Labute approximate surface area is 170 Å². The van der Waals surface area contributed by atoms with Gasteiger partial charge in [0.1, 0.15) is 6.10 Å². The largest absolute Gasteiger partial charge is 0.381 e. The van der Waals surface area contributed by atoms with Crippen molar-refractivity contribution in [2.75, 3.05) is 52.6 Å². The maximum Gasteiger partial charge on any atom is 0.194 e. The van der Waals surface area contributed by atoms with Crippen LogP contribution in [-0.2, 0) is 14.2 Å². The molecule has 2 atom stereocenters. The summed E-state index contributed by atoms with van der Waals surface area (Å²) >= 11 is 0. The summed E-state index contributed by atoms with van der Waals surface area (Å²) < 4.78 is 17.3. The van der Waals surface area contributed by atoms with Crippen LogP contribution in [0.15, 0.2) is 4.99 Å². The van der Waals surface area contributed by atoms with Crippen molar-refractivity contribution in [1.29, 1.82) is 0 Å². The van der Waals surface area contributed by atoms with Crippen LogP contribution in [0.1, 0.15) is 46.0 Å². The molecule has 0 spiro atoms. The van der Waals surface area contributed by atoms with E-state index in [4.69, 9.17) is 19.2 Å². The lowest BCUT2D eigenvalue weighted by Crippen LogP contribution is -2.53. The van der Waals surface area contributed by atoms with Crippen molar-refractivity contribution in [2.45, 2.75) is 58.2 Å². The van der Waals surface area contributed by atoms with Crippen molar-refractivity contribution in [3.63, 3.8) is 0 Å². The molecule has 6 nitrogen and oxygen atoms in total. The molecule has 0 bridgehead atoms. The normalized spacial score (nSPS) is 24.2. The number of aliphatic imine (C=N–C) groups is 1. The molecule has 0 aromatic rings. The predicted octanol–water partition coefficient (Wildman–Crippen LogP) is 2.66. The van der Waals surface area contributed by atoms with Gasteiger partial charge in [-0.15, -0.1) is 24.0 Å². The second-order valence-corrected chi connectivity index (χ2v) is 6.46. The van der Waals surface area contributed by atoms with Gasteiger partial charge in [-0.25, -0.2) is 0 Å². The molecule has 0 amide bonds. The maximum absolute atomic E-state index is 5.93. The zero-order chi connectivity index (χ0) is 17.0. The van der Waals surface area contributed by atoms with E-state index in [0.29, 0.717) is 0 Å². The van der Waals surface area contributed by atoms with Gasteiger partial charge in [-0.05, 0) is 32.6 Å². The van der Waals surface area contributed by atoms with E-state index in [2.05, 4.69) is 24.1 Å². The first-order chi connectivity index (χ1) is 11.8. The molecule has 148 valence electrons. The SMILES string of the molecule is CCCCOCCCN=C(NCC)N1CCOC(C2CCCO2)C1.I. The Bertz CT molecular complexity index is 365. The summed E-state index contributed by atoms with van der Waals surface area (Å²) in [5, 5.41) is 3.41. The number of hydrogen-bond acceptors (Lipinski definition) is 4. The standard InChI is InChI=1S/C18H35N3O3.HI/c1-3-5-11-22-12-7-9-20-18(19-4-2)21-10-14-24-17(15-21)16-8-6-13-23-16;/h16-17H,3-15H2,1-2H3,(H,19,20);1H. The molecule has 7 heteroatoms. The first-order valence-corrected chi connectivity index (χ1v) is 9.69. The smallest absolute Gasteiger partial charge is 0.194 e. The van der Waals surface area contributed by atoms with E-state index < -0.39 is 0 Å². The maximum atomic E-state index is 5.93. The third-order valence-electron chi connectivity index (χ3n) is 4.46. The molecule has 0 radical (unpaired) electrons. The van der Waals surface area contributed by atoms with Crippen LogP contribution in [0, 0.1) is 0 Å². The zero-order valence-corrected chi connectivity index (χ0v) is 18.2. The Balaban J connectivity index is 0.00000312. The van der Waals surface area contributed by atoms with Gasteiger partial charge in [0.25, 0.3) is 0 Å². The van der Waals surface area contributed by atoms with Gasteiger partial charge in [0.2, 0.25) is 0 Å². The molecule has 2 unspecified atom stereocenters. The van der Waals surface area contributed by atoms with Gasteiger partial charge < -0.3 is 24.4 Å². The van der Waals surface area contributed by atoms with Gasteiger partial charge >= 0.3 is 0 Å². The third kappa shape index (κ3) is 8.41. The Hall–Kier alpha value is -0.120. The lowest BCUT2D eigenvalue weighted by Gasteiger charge is -2.37. The van der Waals surface area contributed by atoms with Crippen LogP contribution in [0.25, 0.3) is 0 Å². The van der Waals surface area contributed by atoms with Gasteiger partial charge in [-0.3, -0.25) is 4.99 Å². The number of rotatable bonds is 9. The second kappa shape index (κ2) is 14.0. The topological polar surface area (TPSA) is 55.3 Å². The van der Waals surface area contributed by atoms with Crippen molar-refractivity contribution in [2.24, 2.45) is 4.99 Å². The minimum Gasteiger partial charge on any atom is -0.381 e. The number of guanidine groups is 1. The Morgan fingerprint density at radius 2 is 1.96 bits per heavy atom. The molecular formula is C18H36IN3O3. The molecule has 2 fully saturated rings. The molecule has 2 saturated heterocycles. The number of unbranched alkanes of at least 4 members (excludes halogenated alkanes) is 1. The minimum atomic E-state index is 0. The van der Waals surface area contributed by atoms with Gasteiger partial charge in [0.15, 0.2) is 5.96 Å². The summed E-state index contributed by atoms with van der Waals surface area (Å²) in [6.07, 6.45) is 5.98. The molecule has 1 N–H and O–H groups in total. The first kappa shape index (κ1) is 22.9. The average molecular weight is 469 g/mol. The first-order valence-electron chi connectivity index (χ1n) is 9.69. The average Bonchev–Trinajstić information content (AvgIpc) is 3.15. The number of nitrogens with one attached hydrogen (secondary N) is 1. The van der Waals surface area contributed by atoms with Crippen molar-refractivity contribution in [1.82, 2.24) is 10.2 Å². The van der Waals surface area contributed by atoms with Crippen LogP contribution in [0.2, 0.25) is 0 Å². The molecule has 25 heavy (non-hydrogen) atoms. The predicted molar refractivity (Wildman–Crippen MR) is 112 cm³/mol. The van der Waals surface area contributed by atoms with Crippen molar-refractivity contribution in [3.8, 4) is 0 Å². The molecular weight excluding hydrogens is 433 g/mol. The molecule has 0 aliphatic carbocycles. The highest BCUT2D eigenvalue weighted by atomic mass is 127. The van der Waals surface area contributed by atoms with Gasteiger partial charge in [-0.2, -0.15) is 0 Å². The molecule has 0 aromatic heterocycles. The molecule has 0 aromatic carbocycles. The number of hydrogen-bond donors (Lipinski definition) is 1. The zero-order valence-electron chi connectivity index (χ0n) is 15.9. The van der Waals surface area contributed by atoms with Crippen LogP contribution >= 0.6 is 24.0 Å². The fraction of sp³-hybridized carbons (Fsp3) is 0.944. The summed E-state index contributed by atoms with van der Waals surface area (Å²) in [5.41, 5.74) is 0. The van der Waals surface area contributed by atoms with E-state index >= 15 is 0 Å². The third-order valence-corrected chi connectivity index (χ3v) is 4.46. The van der Waals surface area contributed by atoms with E-state index in [-0.39, 0.29) is 36.2 Å². The highest BCUT2D eigenvalue weighted by Gasteiger charge is 2.32. The van der Waals surface area contributed by atoms with E-state index in [9.17, 15) is 0 Å². The molecule has 2 rings (SSSR count). The summed E-state index contributed by atoms with van der Waals surface area (Å²) in [5.74, 6) is 0.998. The summed E-state index contributed by atoms with van der Waals surface area (Å²) in [7, 11) is 0. The van der Waals surface area contributed by atoms with Gasteiger partial charge in [0.05, 0.1) is 12.7 Å². The van der Waals surface area contributed by atoms with Crippen LogP contribution in [0.3, 0.4) is 0 Å². The summed E-state index contributed by atoms with van der Waals surface area (Å²) in [4.78, 5) is 7.09. The summed E-state index contributed by atoms with van der Waals surface area (Å²) in [6.45, 7) is 11.0. The van der Waals surface area contributed by atoms with E-state index in [1.165, 1.54) is 6.42 Å². The van der Waals surface area contributed by atoms with Crippen molar-refractivity contribution < 1.29 is 14.2 Å². The number of morpholine rings is 1. The van der Waals surface area contributed by atoms with Gasteiger partial charge in [-0.1, -0.05) is 13.3 Å². The number of nitrogens with zero attached hydrogens (tertiary/aromatic N) is 2. The Morgan fingerprint density at radius 3 is 2.68 bits per heavy atom. The number of halogens is 1. The number of ether oxygens (including phenoxy) is 3. The lowest BCUT2D eigenvalue weighted by molar-refractivity contribution is -0.0817. The van der Waals surface area contributed by atoms with E-state index in [1.54, 1.807) is 0 Å². The van der Waals surface area contributed by atoms with Crippen molar-refractivity contribution in [3.05, 3.63) is 0 Å². The van der Waals surface area contributed by atoms with Crippen molar-refractivity contribution >= 4 is 29.9 Å². The van der Waals surface area contributed by atoms with Crippen LogP contribution in [-0.4, -0.2) is 75.7 Å². The Kier molecular flexibility index (Phi) is 12.8. The van der Waals surface area contributed by atoms with Gasteiger partial charge in [0, 0.05) is 46.0 Å². The fourth-order valence-electron chi connectivity index (χ4n) is 3.11. The van der Waals surface area contributed by atoms with E-state index in [1.807, 2.05) is 0 Å². The van der Waals surface area contributed by atoms with Crippen LogP contribution in [0.4, 0.5) is 0 Å². The molecule has 2 heterocycles. The monoisotopic (exact) mass is 469 g/mol. The van der Waals surface area contributed by atoms with Crippen LogP contribution in [0.5, 0.6) is 0 Å².